The van der Waals surface area contributed by atoms with Crippen LogP contribution in [0.5, 0.6) is 0 Å². The van der Waals surface area contributed by atoms with Crippen LogP contribution in [0.15, 0.2) is 36.5 Å². The molecule has 6 heteroatoms. The molecule has 6 nitrogen and oxygen atoms in total. The van der Waals surface area contributed by atoms with Crippen molar-refractivity contribution in [1.29, 1.82) is 0 Å². The minimum absolute atomic E-state index is 0.0158. The summed E-state index contributed by atoms with van der Waals surface area (Å²) in [6.07, 6.45) is 3.90. The Kier molecular flexibility index (Phi) is 4.93. The van der Waals surface area contributed by atoms with E-state index in [2.05, 4.69) is 15.5 Å². The molecule has 2 amide bonds. The number of amides is 2. The van der Waals surface area contributed by atoms with Gasteiger partial charge in [0.1, 0.15) is 0 Å². The predicted octanol–water partition coefficient (Wildman–Crippen LogP) is 2.66. The lowest BCUT2D eigenvalue weighted by atomic mass is 9.96. The Morgan fingerprint density at radius 3 is 2.75 bits per heavy atom. The molecule has 3 rings (SSSR count). The molecule has 126 valence electrons. The Morgan fingerprint density at radius 2 is 2.08 bits per heavy atom. The van der Waals surface area contributed by atoms with Crippen LogP contribution in [-0.4, -0.2) is 40.0 Å². The number of nitrogens with zero attached hydrogens (tertiary/aromatic N) is 2. The molecule has 0 unspecified atom stereocenters. The first-order valence-electron chi connectivity index (χ1n) is 8.36. The number of hydrogen-bond acceptors (Lipinski definition) is 3. The first-order valence-corrected chi connectivity index (χ1v) is 8.36. The second-order valence-electron chi connectivity index (χ2n) is 6.07. The molecule has 2 N–H and O–H groups in total. The van der Waals surface area contributed by atoms with Gasteiger partial charge in [0, 0.05) is 31.4 Å². The molecule has 0 bridgehead atoms. The first-order chi connectivity index (χ1) is 11.7. The Balaban J connectivity index is 1.61. The Bertz CT molecular complexity index is 694. The minimum Gasteiger partial charge on any atom is -0.342 e. The summed E-state index contributed by atoms with van der Waals surface area (Å²) in [5.74, 6) is -0.0316. The van der Waals surface area contributed by atoms with Gasteiger partial charge in [0.25, 0.3) is 0 Å². The van der Waals surface area contributed by atoms with E-state index in [-0.39, 0.29) is 17.7 Å². The molecular formula is C18H22N4O2. The molecular weight excluding hydrogens is 304 g/mol. The van der Waals surface area contributed by atoms with Crippen molar-refractivity contribution in [3.63, 3.8) is 0 Å². The van der Waals surface area contributed by atoms with Crippen molar-refractivity contribution in [2.24, 2.45) is 5.92 Å². The van der Waals surface area contributed by atoms with Crippen LogP contribution in [0.2, 0.25) is 0 Å². The molecule has 24 heavy (non-hydrogen) atoms. The number of aromatic nitrogens is 2. The molecule has 1 aromatic heterocycles. The lowest BCUT2D eigenvalue weighted by Crippen LogP contribution is -2.43. The van der Waals surface area contributed by atoms with E-state index in [4.69, 9.17) is 0 Å². The second-order valence-corrected chi connectivity index (χ2v) is 6.07. The van der Waals surface area contributed by atoms with Gasteiger partial charge in [-0.25, -0.2) is 0 Å². The number of benzene rings is 1. The number of rotatable bonds is 4. The second kappa shape index (κ2) is 7.29. The molecule has 2 heterocycles. The number of likely N-dealkylation sites (tertiary alicyclic amines) is 1. The summed E-state index contributed by atoms with van der Waals surface area (Å²) in [5, 5.41) is 9.80. The highest BCUT2D eigenvalue weighted by Gasteiger charge is 2.27. The van der Waals surface area contributed by atoms with E-state index < -0.39 is 0 Å². The third-order valence-corrected chi connectivity index (χ3v) is 4.41. The van der Waals surface area contributed by atoms with Crippen LogP contribution in [-0.2, 0) is 9.59 Å². The third kappa shape index (κ3) is 3.64. The zero-order valence-corrected chi connectivity index (χ0v) is 13.8. The summed E-state index contributed by atoms with van der Waals surface area (Å²) in [7, 11) is 0. The Labute approximate surface area is 141 Å². The van der Waals surface area contributed by atoms with E-state index in [9.17, 15) is 9.59 Å². The maximum atomic E-state index is 12.5. The van der Waals surface area contributed by atoms with Gasteiger partial charge in [-0.1, -0.05) is 19.1 Å². The predicted molar refractivity (Wildman–Crippen MR) is 92.2 cm³/mol. The summed E-state index contributed by atoms with van der Waals surface area (Å²) < 4.78 is 0. The SMILES string of the molecule is CCC(=O)N1CCC[C@@H](C(=O)Nc2ccc(-c3ccn[nH]3)cc2)C1. The standard InChI is InChI=1S/C18H22N4O2/c1-2-17(23)22-11-3-4-14(12-22)18(24)20-15-7-5-13(6-8-15)16-9-10-19-21-16/h5-10,14H,2-4,11-12H2,1H3,(H,19,21)(H,20,24)/t14-/m1/s1. The van der Waals surface area contributed by atoms with Crippen molar-refractivity contribution in [3.05, 3.63) is 36.5 Å². The van der Waals surface area contributed by atoms with Crippen molar-refractivity contribution in [3.8, 4) is 11.3 Å². The molecule has 0 aliphatic carbocycles. The van der Waals surface area contributed by atoms with Crippen molar-refractivity contribution in [2.45, 2.75) is 26.2 Å². The molecule has 2 aromatic rings. The van der Waals surface area contributed by atoms with Gasteiger partial charge in [0.15, 0.2) is 0 Å². The summed E-state index contributed by atoms with van der Waals surface area (Å²) >= 11 is 0. The number of carbonyl (C=O) groups excluding carboxylic acids is 2. The van der Waals surface area contributed by atoms with Gasteiger partial charge < -0.3 is 10.2 Å². The van der Waals surface area contributed by atoms with Crippen molar-refractivity contribution in [1.82, 2.24) is 15.1 Å². The molecule has 1 aliphatic heterocycles. The largest absolute Gasteiger partial charge is 0.342 e. The molecule has 0 saturated carbocycles. The number of carbonyl (C=O) groups is 2. The van der Waals surface area contributed by atoms with Gasteiger partial charge in [-0.3, -0.25) is 14.7 Å². The highest BCUT2D eigenvalue weighted by molar-refractivity contribution is 5.93. The molecule has 1 atom stereocenters. The van der Waals surface area contributed by atoms with E-state index in [1.165, 1.54) is 0 Å². The van der Waals surface area contributed by atoms with Crippen LogP contribution < -0.4 is 5.32 Å². The summed E-state index contributed by atoms with van der Waals surface area (Å²) in [6.45, 7) is 3.13. The fourth-order valence-corrected chi connectivity index (χ4v) is 3.04. The van der Waals surface area contributed by atoms with Crippen LogP contribution in [0.3, 0.4) is 0 Å². The maximum Gasteiger partial charge on any atom is 0.229 e. The lowest BCUT2D eigenvalue weighted by Gasteiger charge is -2.31. The lowest BCUT2D eigenvalue weighted by molar-refractivity contribution is -0.134. The fourth-order valence-electron chi connectivity index (χ4n) is 3.04. The number of piperidine rings is 1. The Hall–Kier alpha value is -2.63. The number of anilines is 1. The highest BCUT2D eigenvalue weighted by atomic mass is 16.2. The van der Waals surface area contributed by atoms with Crippen molar-refractivity contribution >= 4 is 17.5 Å². The van der Waals surface area contributed by atoms with Gasteiger partial charge in [0.05, 0.1) is 11.6 Å². The van der Waals surface area contributed by atoms with Crippen LogP contribution >= 0.6 is 0 Å². The number of aromatic amines is 1. The van der Waals surface area contributed by atoms with Crippen LogP contribution in [0.25, 0.3) is 11.3 Å². The van der Waals surface area contributed by atoms with Gasteiger partial charge in [-0.2, -0.15) is 5.10 Å². The first kappa shape index (κ1) is 16.2. The average molecular weight is 326 g/mol. The number of H-pyrrole nitrogens is 1. The molecule has 0 spiro atoms. The van der Waals surface area contributed by atoms with Gasteiger partial charge in [0.2, 0.25) is 11.8 Å². The van der Waals surface area contributed by atoms with Gasteiger partial charge >= 0.3 is 0 Å². The molecule has 1 aliphatic rings. The third-order valence-electron chi connectivity index (χ3n) is 4.41. The van der Waals surface area contributed by atoms with E-state index in [0.717, 1.165) is 36.3 Å². The number of hydrogen-bond donors (Lipinski definition) is 2. The molecule has 0 radical (unpaired) electrons. The summed E-state index contributed by atoms with van der Waals surface area (Å²) in [5.41, 5.74) is 2.72. The normalized spacial score (nSPS) is 17.5. The van der Waals surface area contributed by atoms with E-state index in [1.54, 1.807) is 11.1 Å². The monoisotopic (exact) mass is 326 g/mol. The zero-order valence-electron chi connectivity index (χ0n) is 13.8. The molecule has 1 fully saturated rings. The van der Waals surface area contributed by atoms with Crippen molar-refractivity contribution in [2.75, 3.05) is 18.4 Å². The van der Waals surface area contributed by atoms with E-state index >= 15 is 0 Å². The summed E-state index contributed by atoms with van der Waals surface area (Å²) in [4.78, 5) is 26.1. The average Bonchev–Trinajstić information content (AvgIpc) is 3.16. The van der Waals surface area contributed by atoms with Crippen LogP contribution in [0.1, 0.15) is 26.2 Å². The summed E-state index contributed by atoms with van der Waals surface area (Å²) in [6, 6.07) is 9.54. The molecule has 1 aromatic carbocycles. The number of nitrogens with one attached hydrogen (secondary N) is 2. The van der Waals surface area contributed by atoms with Crippen molar-refractivity contribution < 1.29 is 9.59 Å². The quantitative estimate of drug-likeness (QED) is 0.906. The Morgan fingerprint density at radius 1 is 1.29 bits per heavy atom. The molecule has 1 saturated heterocycles. The maximum absolute atomic E-state index is 12.5. The fraction of sp³-hybridized carbons (Fsp3) is 0.389. The van der Waals surface area contributed by atoms with Gasteiger partial charge in [-0.15, -0.1) is 0 Å². The smallest absolute Gasteiger partial charge is 0.229 e. The van der Waals surface area contributed by atoms with Crippen LogP contribution in [0, 0.1) is 5.92 Å². The zero-order chi connectivity index (χ0) is 16.9. The van der Waals surface area contributed by atoms with Crippen LogP contribution in [0.4, 0.5) is 5.69 Å². The minimum atomic E-state index is -0.137. The topological polar surface area (TPSA) is 78.1 Å². The van der Waals surface area contributed by atoms with E-state index in [0.29, 0.717) is 13.0 Å². The highest BCUT2D eigenvalue weighted by Crippen LogP contribution is 2.22. The van der Waals surface area contributed by atoms with E-state index in [1.807, 2.05) is 37.3 Å². The van der Waals surface area contributed by atoms with Gasteiger partial charge in [-0.05, 0) is 36.6 Å².